The lowest BCUT2D eigenvalue weighted by Gasteiger charge is -2.28. The van der Waals surface area contributed by atoms with E-state index in [0.29, 0.717) is 32.6 Å². The van der Waals surface area contributed by atoms with Gasteiger partial charge in [0.1, 0.15) is 26.9 Å². The molecule has 1 aromatic carbocycles. The van der Waals surface area contributed by atoms with Crippen molar-refractivity contribution in [1.82, 2.24) is 15.3 Å². The zero-order valence-electron chi connectivity index (χ0n) is 18.0. The van der Waals surface area contributed by atoms with Crippen molar-refractivity contribution >= 4 is 33.3 Å². The van der Waals surface area contributed by atoms with E-state index in [-0.39, 0.29) is 41.9 Å². The van der Waals surface area contributed by atoms with Gasteiger partial charge in [0.15, 0.2) is 0 Å². The van der Waals surface area contributed by atoms with Crippen LogP contribution in [0.25, 0.3) is 10.3 Å². The Labute approximate surface area is 189 Å². The molecule has 8 heteroatoms. The molecule has 2 saturated carbocycles. The second kappa shape index (κ2) is 8.39. The molecule has 2 aromatic heterocycles. The molecule has 2 atom stereocenters. The molecule has 2 fully saturated rings. The molecule has 2 bridgehead atoms. The second-order valence-electron chi connectivity index (χ2n) is 9.19. The van der Waals surface area contributed by atoms with Crippen molar-refractivity contribution in [3.8, 4) is 0 Å². The van der Waals surface area contributed by atoms with E-state index in [4.69, 9.17) is 5.73 Å². The number of halogens is 2. The van der Waals surface area contributed by atoms with E-state index in [9.17, 15) is 13.6 Å². The van der Waals surface area contributed by atoms with Gasteiger partial charge in [0.25, 0.3) is 5.91 Å². The summed E-state index contributed by atoms with van der Waals surface area (Å²) in [5, 5.41) is 2.76. The number of hydrogen-bond acceptors (Lipinski definition) is 5. The lowest BCUT2D eigenvalue weighted by atomic mass is 9.77. The molecule has 2 heterocycles. The number of benzene rings is 1. The maximum absolute atomic E-state index is 14.9. The summed E-state index contributed by atoms with van der Waals surface area (Å²) in [5.74, 6) is 0.337. The molecule has 0 aliphatic heterocycles. The fourth-order valence-corrected chi connectivity index (χ4v) is 6.41. The zero-order chi connectivity index (χ0) is 22.4. The minimum atomic E-state index is -0.404. The number of nitrogens with two attached hydrogens (primary N) is 1. The number of carbonyl (C=O) groups is 1. The first-order chi connectivity index (χ1) is 15.4. The second-order valence-corrected chi connectivity index (χ2v) is 10.2. The highest BCUT2D eigenvalue weighted by Gasteiger charge is 2.35. The monoisotopic (exact) mass is 456 g/mol. The van der Waals surface area contributed by atoms with Crippen molar-refractivity contribution in [2.45, 2.75) is 51.4 Å². The number of carbonyl (C=O) groups excluding carboxylic acids is 1. The summed E-state index contributed by atoms with van der Waals surface area (Å²) in [6.45, 7) is 2.00. The van der Waals surface area contributed by atoms with Crippen LogP contribution in [0, 0.1) is 30.4 Å². The molecule has 5 rings (SSSR count). The van der Waals surface area contributed by atoms with E-state index in [1.165, 1.54) is 42.7 Å². The van der Waals surface area contributed by atoms with Crippen molar-refractivity contribution in [3.63, 3.8) is 0 Å². The smallest absolute Gasteiger partial charge is 0.263 e. The first-order valence-electron chi connectivity index (χ1n) is 11.2. The summed E-state index contributed by atoms with van der Waals surface area (Å²) in [6.07, 6.45) is 7.41. The molecule has 2 unspecified atom stereocenters. The summed E-state index contributed by atoms with van der Waals surface area (Å²) >= 11 is 1.18. The molecule has 32 heavy (non-hydrogen) atoms. The van der Waals surface area contributed by atoms with Crippen molar-refractivity contribution in [1.29, 1.82) is 0 Å². The lowest BCUT2D eigenvalue weighted by Crippen LogP contribution is -2.26. The van der Waals surface area contributed by atoms with E-state index in [1.54, 1.807) is 6.20 Å². The van der Waals surface area contributed by atoms with Gasteiger partial charge in [-0.1, -0.05) is 12.8 Å². The number of hydrogen-bond donors (Lipinski definition) is 2. The number of nitrogen functional groups attached to an aromatic ring is 1. The van der Waals surface area contributed by atoms with Gasteiger partial charge in [0, 0.05) is 12.7 Å². The number of nitrogens with zero attached hydrogens (tertiary/aromatic N) is 2. The molecule has 0 radical (unpaired) electrons. The van der Waals surface area contributed by atoms with Crippen LogP contribution in [-0.2, 0) is 6.42 Å². The van der Waals surface area contributed by atoms with Crippen molar-refractivity contribution in [2.24, 2.45) is 11.8 Å². The Bertz CT molecular complexity index is 1180. The van der Waals surface area contributed by atoms with Crippen LogP contribution in [0.15, 0.2) is 18.3 Å². The van der Waals surface area contributed by atoms with E-state index in [0.717, 1.165) is 18.5 Å². The minimum absolute atomic E-state index is 0.117. The maximum atomic E-state index is 14.9. The number of anilines is 1. The molecule has 2 aliphatic rings. The van der Waals surface area contributed by atoms with Crippen LogP contribution >= 0.6 is 11.3 Å². The largest absolute Gasteiger partial charge is 0.396 e. The molecule has 0 saturated heterocycles. The van der Waals surface area contributed by atoms with Gasteiger partial charge in [-0.15, -0.1) is 11.3 Å². The number of rotatable bonds is 5. The molecule has 2 aliphatic carbocycles. The van der Waals surface area contributed by atoms with Gasteiger partial charge in [-0.25, -0.2) is 18.7 Å². The highest BCUT2D eigenvalue weighted by molar-refractivity contribution is 7.21. The molecular formula is C24H26F2N4OS. The molecular weight excluding hydrogens is 430 g/mol. The Balaban J connectivity index is 1.25. The summed E-state index contributed by atoms with van der Waals surface area (Å²) in [4.78, 5) is 22.1. The number of aromatic nitrogens is 2. The van der Waals surface area contributed by atoms with Crippen LogP contribution < -0.4 is 11.1 Å². The predicted molar refractivity (Wildman–Crippen MR) is 122 cm³/mol. The number of aryl methyl sites for hydroxylation is 1. The van der Waals surface area contributed by atoms with Crippen molar-refractivity contribution in [3.05, 3.63) is 51.7 Å². The van der Waals surface area contributed by atoms with E-state index in [1.807, 2.05) is 6.92 Å². The normalized spacial score (nSPS) is 22.4. The highest BCUT2D eigenvalue weighted by atomic mass is 32.1. The Hall–Kier alpha value is -2.61. The van der Waals surface area contributed by atoms with Crippen LogP contribution in [0.1, 0.15) is 64.5 Å². The first-order valence-corrected chi connectivity index (χ1v) is 12.0. The summed E-state index contributed by atoms with van der Waals surface area (Å²) < 4.78 is 29.6. The number of fused-ring (bicyclic) bond motifs is 3. The van der Waals surface area contributed by atoms with Gasteiger partial charge in [-0.2, -0.15) is 0 Å². The predicted octanol–water partition coefficient (Wildman–Crippen LogP) is 5.13. The van der Waals surface area contributed by atoms with Gasteiger partial charge in [-0.05, 0) is 73.6 Å². The molecule has 0 spiro atoms. The third kappa shape index (κ3) is 3.96. The number of nitrogens with one attached hydrogen (secondary N) is 1. The average molecular weight is 457 g/mol. The topological polar surface area (TPSA) is 80.9 Å². The average Bonchev–Trinajstić information content (AvgIpc) is 3.27. The quantitative estimate of drug-likeness (QED) is 0.558. The van der Waals surface area contributed by atoms with Crippen LogP contribution in [0.5, 0.6) is 0 Å². The third-order valence-electron chi connectivity index (χ3n) is 6.94. The Morgan fingerprint density at radius 1 is 1.19 bits per heavy atom. The number of thiophene rings is 1. The van der Waals surface area contributed by atoms with Crippen molar-refractivity contribution < 1.29 is 13.6 Å². The standard InChI is InChI=1S/C24H26F2N4OS/c1-12-11-29-21-20(27)22(32-24(21)30-12)23(31)28-5-4-15-9-19(26)17(10-18(15)25)16-7-13-2-3-14(6-13)8-16/h9-11,13-14,16H,2-8,27H2,1H3,(H,28,31). The third-order valence-corrected chi connectivity index (χ3v) is 8.02. The van der Waals surface area contributed by atoms with Gasteiger partial charge in [0.05, 0.1) is 11.4 Å². The summed E-state index contributed by atoms with van der Waals surface area (Å²) in [7, 11) is 0. The maximum Gasteiger partial charge on any atom is 0.263 e. The molecule has 3 N–H and O–H groups in total. The van der Waals surface area contributed by atoms with Gasteiger partial charge >= 0.3 is 0 Å². The van der Waals surface area contributed by atoms with Gasteiger partial charge in [-0.3, -0.25) is 4.79 Å². The first kappa shape index (κ1) is 21.2. The summed E-state index contributed by atoms with van der Waals surface area (Å²) in [5.41, 5.74) is 8.39. The highest BCUT2D eigenvalue weighted by Crippen LogP contribution is 2.48. The molecule has 5 nitrogen and oxygen atoms in total. The van der Waals surface area contributed by atoms with Crippen LogP contribution in [0.4, 0.5) is 14.5 Å². The Kier molecular flexibility index (Phi) is 5.57. The fraction of sp³-hybridized carbons (Fsp3) is 0.458. The van der Waals surface area contributed by atoms with Crippen LogP contribution in [-0.4, -0.2) is 22.4 Å². The molecule has 3 aromatic rings. The SMILES string of the molecule is Cc1cnc2c(N)c(C(=O)NCCc3cc(F)c(C4CC5CCC(C5)C4)cc3F)sc2n1. The zero-order valence-corrected chi connectivity index (χ0v) is 18.8. The molecule has 168 valence electrons. The van der Waals surface area contributed by atoms with Crippen LogP contribution in [0.3, 0.4) is 0 Å². The number of amides is 1. The summed E-state index contributed by atoms with van der Waals surface area (Å²) in [6, 6.07) is 2.68. The van der Waals surface area contributed by atoms with E-state index in [2.05, 4.69) is 15.3 Å². The Morgan fingerprint density at radius 3 is 2.69 bits per heavy atom. The molecule has 1 amide bonds. The van der Waals surface area contributed by atoms with Crippen LogP contribution in [0.2, 0.25) is 0 Å². The van der Waals surface area contributed by atoms with Crippen molar-refractivity contribution in [2.75, 3.05) is 12.3 Å². The lowest BCUT2D eigenvalue weighted by molar-refractivity contribution is 0.0959. The van der Waals surface area contributed by atoms with Gasteiger partial charge < -0.3 is 11.1 Å². The van der Waals surface area contributed by atoms with Gasteiger partial charge in [0.2, 0.25) is 0 Å². The van der Waals surface area contributed by atoms with E-state index >= 15 is 0 Å². The fourth-order valence-electron chi connectivity index (χ4n) is 5.40. The van der Waals surface area contributed by atoms with E-state index < -0.39 is 5.82 Å². The minimum Gasteiger partial charge on any atom is -0.396 e. The Morgan fingerprint density at radius 2 is 1.94 bits per heavy atom.